The van der Waals surface area contributed by atoms with Crippen molar-refractivity contribution in [2.24, 2.45) is 0 Å². The summed E-state index contributed by atoms with van der Waals surface area (Å²) in [6, 6.07) is 10.7. The molecule has 0 unspecified atom stereocenters. The van der Waals surface area contributed by atoms with E-state index in [0.29, 0.717) is 6.54 Å². The van der Waals surface area contributed by atoms with E-state index < -0.39 is 0 Å². The highest BCUT2D eigenvalue weighted by molar-refractivity contribution is 5.19. The number of halogens is 1. The third-order valence-corrected chi connectivity index (χ3v) is 3.00. The molecule has 3 heteroatoms. The molecular formula is C15H18FNO. The predicted molar refractivity (Wildman–Crippen MR) is 69.7 cm³/mol. The number of benzene rings is 1. The molecule has 0 bridgehead atoms. The Morgan fingerprint density at radius 3 is 2.67 bits per heavy atom. The Labute approximate surface area is 107 Å². The molecule has 2 aromatic rings. The third-order valence-electron chi connectivity index (χ3n) is 3.00. The van der Waals surface area contributed by atoms with Gasteiger partial charge in [-0.3, -0.25) is 0 Å². The second kappa shape index (κ2) is 5.83. The summed E-state index contributed by atoms with van der Waals surface area (Å²) in [5.74, 6) is 1.70. The molecule has 1 heterocycles. The first kappa shape index (κ1) is 12.8. The zero-order valence-electron chi connectivity index (χ0n) is 10.7. The fourth-order valence-electron chi connectivity index (χ4n) is 1.85. The third kappa shape index (κ3) is 3.20. The van der Waals surface area contributed by atoms with E-state index >= 15 is 0 Å². The summed E-state index contributed by atoms with van der Waals surface area (Å²) < 4.78 is 18.7. The fourth-order valence-corrected chi connectivity index (χ4v) is 1.85. The van der Waals surface area contributed by atoms with Crippen LogP contribution in [-0.2, 0) is 13.0 Å². The molecule has 1 aromatic carbocycles. The van der Waals surface area contributed by atoms with Crippen molar-refractivity contribution >= 4 is 0 Å². The Bertz CT molecular complexity index is 507. The van der Waals surface area contributed by atoms with Gasteiger partial charge in [0.15, 0.2) is 0 Å². The van der Waals surface area contributed by atoms with Crippen molar-refractivity contribution in [1.29, 1.82) is 0 Å². The van der Waals surface area contributed by atoms with Crippen LogP contribution in [0.15, 0.2) is 40.8 Å². The maximum Gasteiger partial charge on any atom is 0.123 e. The summed E-state index contributed by atoms with van der Waals surface area (Å²) in [5, 5.41) is 3.32. The lowest BCUT2D eigenvalue weighted by atomic mass is 10.1. The highest BCUT2D eigenvalue weighted by Crippen LogP contribution is 2.15. The summed E-state index contributed by atoms with van der Waals surface area (Å²) >= 11 is 0. The number of rotatable bonds is 5. The summed E-state index contributed by atoms with van der Waals surface area (Å²) in [7, 11) is 0. The van der Waals surface area contributed by atoms with E-state index in [-0.39, 0.29) is 11.9 Å². The maximum absolute atomic E-state index is 13.1. The van der Waals surface area contributed by atoms with Crippen molar-refractivity contribution in [3.05, 3.63) is 59.3 Å². The minimum Gasteiger partial charge on any atom is -0.465 e. The van der Waals surface area contributed by atoms with Gasteiger partial charge in [0.25, 0.3) is 0 Å². The van der Waals surface area contributed by atoms with Gasteiger partial charge in [-0.25, -0.2) is 4.39 Å². The standard InChI is InChI=1S/C15H18FNO/c1-3-14-7-8-15(18-14)10-17-11(2)12-5-4-6-13(16)9-12/h4-9,11,17H,3,10H2,1-2H3/t11-/m1/s1. The molecule has 96 valence electrons. The Hall–Kier alpha value is -1.61. The molecule has 0 spiro atoms. The van der Waals surface area contributed by atoms with Crippen LogP contribution in [0.2, 0.25) is 0 Å². The normalized spacial score (nSPS) is 12.6. The van der Waals surface area contributed by atoms with E-state index in [1.54, 1.807) is 12.1 Å². The Kier molecular flexibility index (Phi) is 4.15. The van der Waals surface area contributed by atoms with Crippen LogP contribution in [-0.4, -0.2) is 0 Å². The smallest absolute Gasteiger partial charge is 0.123 e. The molecule has 0 saturated carbocycles. The average molecular weight is 247 g/mol. The van der Waals surface area contributed by atoms with Gasteiger partial charge in [0.1, 0.15) is 17.3 Å². The molecular weight excluding hydrogens is 229 g/mol. The first-order valence-electron chi connectivity index (χ1n) is 6.25. The van der Waals surface area contributed by atoms with Crippen LogP contribution in [0, 0.1) is 5.82 Å². The highest BCUT2D eigenvalue weighted by Gasteiger charge is 2.07. The van der Waals surface area contributed by atoms with Gasteiger partial charge < -0.3 is 9.73 Å². The van der Waals surface area contributed by atoms with Gasteiger partial charge in [0.05, 0.1) is 6.54 Å². The van der Waals surface area contributed by atoms with Gasteiger partial charge in [0, 0.05) is 12.5 Å². The first-order valence-corrected chi connectivity index (χ1v) is 6.25. The molecule has 0 aliphatic rings. The van der Waals surface area contributed by atoms with Crippen LogP contribution in [0.4, 0.5) is 4.39 Å². The molecule has 1 N–H and O–H groups in total. The second-order valence-electron chi connectivity index (χ2n) is 4.38. The van der Waals surface area contributed by atoms with Crippen molar-refractivity contribution in [1.82, 2.24) is 5.32 Å². The van der Waals surface area contributed by atoms with Crippen molar-refractivity contribution in [3.8, 4) is 0 Å². The summed E-state index contributed by atoms with van der Waals surface area (Å²) in [6.45, 7) is 4.72. The number of hydrogen-bond donors (Lipinski definition) is 1. The van der Waals surface area contributed by atoms with E-state index in [1.807, 2.05) is 25.1 Å². The summed E-state index contributed by atoms with van der Waals surface area (Å²) in [4.78, 5) is 0. The molecule has 0 fully saturated rings. The zero-order chi connectivity index (χ0) is 13.0. The summed E-state index contributed by atoms with van der Waals surface area (Å²) in [5.41, 5.74) is 0.942. The van der Waals surface area contributed by atoms with Crippen molar-refractivity contribution in [2.75, 3.05) is 0 Å². The van der Waals surface area contributed by atoms with Crippen LogP contribution < -0.4 is 5.32 Å². The van der Waals surface area contributed by atoms with Gasteiger partial charge in [0.2, 0.25) is 0 Å². The first-order chi connectivity index (χ1) is 8.69. The largest absolute Gasteiger partial charge is 0.465 e. The van der Waals surface area contributed by atoms with E-state index in [0.717, 1.165) is 23.5 Å². The van der Waals surface area contributed by atoms with E-state index in [2.05, 4.69) is 12.2 Å². The van der Waals surface area contributed by atoms with Gasteiger partial charge in [-0.05, 0) is 36.8 Å². The predicted octanol–water partition coefficient (Wildman–Crippen LogP) is 3.83. The van der Waals surface area contributed by atoms with Crippen LogP contribution >= 0.6 is 0 Å². The van der Waals surface area contributed by atoms with Crippen LogP contribution in [0.5, 0.6) is 0 Å². The van der Waals surface area contributed by atoms with E-state index in [4.69, 9.17) is 4.42 Å². The van der Waals surface area contributed by atoms with Gasteiger partial charge in [-0.15, -0.1) is 0 Å². The number of hydrogen-bond acceptors (Lipinski definition) is 2. The van der Waals surface area contributed by atoms with E-state index in [1.165, 1.54) is 6.07 Å². The number of furan rings is 1. The number of nitrogens with one attached hydrogen (secondary N) is 1. The Morgan fingerprint density at radius 2 is 2.00 bits per heavy atom. The van der Waals surface area contributed by atoms with Crippen molar-refractivity contribution in [3.63, 3.8) is 0 Å². The van der Waals surface area contributed by atoms with Crippen molar-refractivity contribution < 1.29 is 8.81 Å². The maximum atomic E-state index is 13.1. The topological polar surface area (TPSA) is 25.2 Å². The SMILES string of the molecule is CCc1ccc(CN[C@H](C)c2cccc(F)c2)o1. The highest BCUT2D eigenvalue weighted by atomic mass is 19.1. The molecule has 18 heavy (non-hydrogen) atoms. The molecule has 0 aliphatic carbocycles. The van der Waals surface area contributed by atoms with Crippen LogP contribution in [0.3, 0.4) is 0 Å². The summed E-state index contributed by atoms with van der Waals surface area (Å²) in [6.07, 6.45) is 0.902. The molecule has 0 aliphatic heterocycles. The second-order valence-corrected chi connectivity index (χ2v) is 4.38. The molecule has 2 nitrogen and oxygen atoms in total. The molecule has 0 radical (unpaired) electrons. The van der Waals surface area contributed by atoms with Gasteiger partial charge in [-0.2, -0.15) is 0 Å². The monoisotopic (exact) mass is 247 g/mol. The van der Waals surface area contributed by atoms with Crippen LogP contribution in [0.1, 0.15) is 37.0 Å². The minimum atomic E-state index is -0.201. The minimum absolute atomic E-state index is 0.0934. The lowest BCUT2D eigenvalue weighted by Crippen LogP contribution is -2.17. The lowest BCUT2D eigenvalue weighted by molar-refractivity contribution is 0.435. The Morgan fingerprint density at radius 1 is 1.22 bits per heavy atom. The van der Waals surface area contributed by atoms with Crippen LogP contribution in [0.25, 0.3) is 0 Å². The molecule has 2 rings (SSSR count). The van der Waals surface area contributed by atoms with Gasteiger partial charge in [-0.1, -0.05) is 19.1 Å². The molecule has 0 amide bonds. The zero-order valence-corrected chi connectivity index (χ0v) is 10.7. The number of aryl methyl sites for hydroxylation is 1. The van der Waals surface area contributed by atoms with Crippen molar-refractivity contribution in [2.45, 2.75) is 32.9 Å². The fraction of sp³-hybridized carbons (Fsp3) is 0.333. The Balaban J connectivity index is 1.93. The average Bonchev–Trinajstić information content (AvgIpc) is 2.84. The molecule has 0 saturated heterocycles. The molecule has 1 aromatic heterocycles. The quantitative estimate of drug-likeness (QED) is 0.868. The van der Waals surface area contributed by atoms with E-state index in [9.17, 15) is 4.39 Å². The molecule has 1 atom stereocenters. The van der Waals surface area contributed by atoms with Gasteiger partial charge >= 0.3 is 0 Å². The lowest BCUT2D eigenvalue weighted by Gasteiger charge is -2.13.